The van der Waals surface area contributed by atoms with Crippen LogP contribution >= 0.6 is 11.3 Å². The molecule has 0 bridgehead atoms. The standard InChI is InChI=1S/C15H21NO2S/c1-10-9-13(11(2)19-10)14(17)7-8-15(18)16-12-5-3-4-6-12/h9,12H,3-8H2,1-2H3,(H,16,18). The van der Waals surface area contributed by atoms with E-state index in [4.69, 9.17) is 0 Å². The Kier molecular flexibility index (Phi) is 4.75. The molecule has 0 atom stereocenters. The van der Waals surface area contributed by atoms with Crippen LogP contribution in [0.15, 0.2) is 6.07 Å². The molecule has 1 aromatic heterocycles. The van der Waals surface area contributed by atoms with E-state index in [9.17, 15) is 9.59 Å². The Balaban J connectivity index is 1.79. The van der Waals surface area contributed by atoms with Crippen LogP contribution in [0, 0.1) is 13.8 Å². The molecule has 0 unspecified atom stereocenters. The molecule has 2 rings (SSSR count). The summed E-state index contributed by atoms with van der Waals surface area (Å²) in [7, 11) is 0. The van der Waals surface area contributed by atoms with E-state index < -0.39 is 0 Å². The molecule has 1 aliphatic rings. The van der Waals surface area contributed by atoms with E-state index in [-0.39, 0.29) is 11.7 Å². The third-order valence-electron chi connectivity index (χ3n) is 3.64. The SMILES string of the molecule is Cc1cc(C(=O)CCC(=O)NC2CCCC2)c(C)s1. The molecule has 0 spiro atoms. The van der Waals surface area contributed by atoms with E-state index in [0.717, 1.165) is 28.2 Å². The minimum absolute atomic E-state index is 0.0184. The summed E-state index contributed by atoms with van der Waals surface area (Å²) in [6.45, 7) is 3.96. The van der Waals surface area contributed by atoms with Gasteiger partial charge in [-0.05, 0) is 32.8 Å². The molecule has 0 aromatic carbocycles. The summed E-state index contributed by atoms with van der Waals surface area (Å²) in [4.78, 5) is 26.0. The number of aryl methyl sites for hydroxylation is 2. The molecule has 104 valence electrons. The summed E-state index contributed by atoms with van der Waals surface area (Å²) < 4.78 is 0. The zero-order chi connectivity index (χ0) is 13.8. The topological polar surface area (TPSA) is 46.2 Å². The maximum absolute atomic E-state index is 12.0. The minimum Gasteiger partial charge on any atom is -0.353 e. The quantitative estimate of drug-likeness (QED) is 0.840. The summed E-state index contributed by atoms with van der Waals surface area (Å²) in [5.41, 5.74) is 0.788. The fourth-order valence-electron chi connectivity index (χ4n) is 2.64. The van der Waals surface area contributed by atoms with Crippen molar-refractivity contribution >= 4 is 23.0 Å². The van der Waals surface area contributed by atoms with Gasteiger partial charge in [-0.2, -0.15) is 0 Å². The zero-order valence-electron chi connectivity index (χ0n) is 11.6. The summed E-state index contributed by atoms with van der Waals surface area (Å²) >= 11 is 1.64. The van der Waals surface area contributed by atoms with E-state index >= 15 is 0 Å². The molecule has 0 aliphatic heterocycles. The monoisotopic (exact) mass is 279 g/mol. The maximum Gasteiger partial charge on any atom is 0.220 e. The van der Waals surface area contributed by atoms with E-state index in [0.29, 0.717) is 18.9 Å². The lowest BCUT2D eigenvalue weighted by Crippen LogP contribution is -2.32. The Morgan fingerprint density at radius 3 is 2.53 bits per heavy atom. The Morgan fingerprint density at radius 1 is 1.26 bits per heavy atom. The molecule has 1 amide bonds. The third-order valence-corrected chi connectivity index (χ3v) is 4.61. The molecule has 19 heavy (non-hydrogen) atoms. The van der Waals surface area contributed by atoms with Crippen molar-refractivity contribution in [3.63, 3.8) is 0 Å². The Labute approximate surface area is 118 Å². The molecule has 3 nitrogen and oxygen atoms in total. The number of hydrogen-bond acceptors (Lipinski definition) is 3. The Bertz CT molecular complexity index is 472. The van der Waals surface area contributed by atoms with Crippen LogP contribution in [0.25, 0.3) is 0 Å². The number of nitrogens with one attached hydrogen (secondary N) is 1. The first kappa shape index (κ1) is 14.3. The molecule has 1 aliphatic carbocycles. The number of thiophene rings is 1. The largest absolute Gasteiger partial charge is 0.353 e. The molecule has 1 N–H and O–H groups in total. The molecule has 0 saturated heterocycles. The second kappa shape index (κ2) is 6.33. The lowest BCUT2D eigenvalue weighted by Gasteiger charge is -2.11. The summed E-state index contributed by atoms with van der Waals surface area (Å²) in [5.74, 6) is 0.105. The first-order chi connectivity index (χ1) is 9.06. The summed E-state index contributed by atoms with van der Waals surface area (Å²) in [5, 5.41) is 3.02. The molecule has 0 radical (unpaired) electrons. The average Bonchev–Trinajstić information content (AvgIpc) is 2.96. The van der Waals surface area contributed by atoms with Crippen molar-refractivity contribution in [1.82, 2.24) is 5.32 Å². The van der Waals surface area contributed by atoms with Gasteiger partial charge in [0.15, 0.2) is 5.78 Å². The van der Waals surface area contributed by atoms with Crippen LogP contribution in [0.1, 0.15) is 58.6 Å². The van der Waals surface area contributed by atoms with Crippen LogP contribution in [0.3, 0.4) is 0 Å². The lowest BCUT2D eigenvalue weighted by atomic mass is 10.1. The molecular formula is C15H21NO2S. The molecular weight excluding hydrogens is 258 g/mol. The lowest BCUT2D eigenvalue weighted by molar-refractivity contribution is -0.121. The molecule has 1 aromatic rings. The average molecular weight is 279 g/mol. The zero-order valence-corrected chi connectivity index (χ0v) is 12.4. The van der Waals surface area contributed by atoms with Crippen molar-refractivity contribution in [1.29, 1.82) is 0 Å². The van der Waals surface area contributed by atoms with Gasteiger partial charge in [0.1, 0.15) is 0 Å². The van der Waals surface area contributed by atoms with E-state index in [2.05, 4.69) is 5.32 Å². The van der Waals surface area contributed by atoms with Gasteiger partial charge in [-0.3, -0.25) is 9.59 Å². The predicted molar refractivity (Wildman–Crippen MR) is 77.8 cm³/mol. The van der Waals surface area contributed by atoms with Gasteiger partial charge in [0.2, 0.25) is 5.91 Å². The van der Waals surface area contributed by atoms with Gasteiger partial charge in [0.25, 0.3) is 0 Å². The van der Waals surface area contributed by atoms with Crippen molar-refractivity contribution in [3.05, 3.63) is 21.4 Å². The van der Waals surface area contributed by atoms with E-state index in [1.807, 2.05) is 19.9 Å². The predicted octanol–water partition coefficient (Wildman–Crippen LogP) is 3.39. The van der Waals surface area contributed by atoms with Crippen LogP contribution in [-0.2, 0) is 4.79 Å². The highest BCUT2D eigenvalue weighted by molar-refractivity contribution is 7.12. The van der Waals surface area contributed by atoms with Gasteiger partial charge in [-0.1, -0.05) is 12.8 Å². The van der Waals surface area contributed by atoms with Crippen molar-refractivity contribution in [2.45, 2.75) is 58.4 Å². The van der Waals surface area contributed by atoms with Crippen molar-refractivity contribution in [2.24, 2.45) is 0 Å². The van der Waals surface area contributed by atoms with Crippen molar-refractivity contribution in [2.75, 3.05) is 0 Å². The van der Waals surface area contributed by atoms with Gasteiger partial charge < -0.3 is 5.32 Å². The minimum atomic E-state index is 0.0184. The van der Waals surface area contributed by atoms with Crippen LogP contribution in [0.4, 0.5) is 0 Å². The molecule has 1 heterocycles. The highest BCUT2D eigenvalue weighted by Gasteiger charge is 2.18. The number of Topliss-reactive ketones (excluding diaryl/α,β-unsaturated/α-hetero) is 1. The van der Waals surface area contributed by atoms with Crippen LogP contribution in [-0.4, -0.2) is 17.7 Å². The molecule has 1 fully saturated rings. The molecule has 1 saturated carbocycles. The number of carbonyl (C=O) groups is 2. The van der Waals surface area contributed by atoms with Gasteiger partial charge in [-0.25, -0.2) is 0 Å². The molecule has 4 heteroatoms. The highest BCUT2D eigenvalue weighted by atomic mass is 32.1. The van der Waals surface area contributed by atoms with Crippen LogP contribution in [0.5, 0.6) is 0 Å². The number of ketones is 1. The second-order valence-corrected chi connectivity index (χ2v) is 6.76. The number of hydrogen-bond donors (Lipinski definition) is 1. The number of amides is 1. The normalized spacial score (nSPS) is 15.7. The van der Waals surface area contributed by atoms with Gasteiger partial charge in [0, 0.05) is 34.2 Å². The van der Waals surface area contributed by atoms with Gasteiger partial charge in [-0.15, -0.1) is 11.3 Å². The summed E-state index contributed by atoms with van der Waals surface area (Å²) in [6.07, 6.45) is 5.21. The van der Waals surface area contributed by atoms with Gasteiger partial charge in [0.05, 0.1) is 0 Å². The Hall–Kier alpha value is -1.16. The van der Waals surface area contributed by atoms with Gasteiger partial charge >= 0.3 is 0 Å². The van der Waals surface area contributed by atoms with E-state index in [1.54, 1.807) is 11.3 Å². The van der Waals surface area contributed by atoms with E-state index in [1.165, 1.54) is 12.8 Å². The number of carbonyl (C=O) groups excluding carboxylic acids is 2. The van der Waals surface area contributed by atoms with Crippen molar-refractivity contribution in [3.8, 4) is 0 Å². The Morgan fingerprint density at radius 2 is 1.95 bits per heavy atom. The smallest absolute Gasteiger partial charge is 0.220 e. The van der Waals surface area contributed by atoms with Crippen LogP contribution < -0.4 is 5.32 Å². The fourth-order valence-corrected chi connectivity index (χ4v) is 3.58. The maximum atomic E-state index is 12.0. The third kappa shape index (κ3) is 3.90. The summed E-state index contributed by atoms with van der Waals surface area (Å²) in [6, 6.07) is 2.27. The first-order valence-electron chi connectivity index (χ1n) is 6.96. The van der Waals surface area contributed by atoms with Crippen LogP contribution in [0.2, 0.25) is 0 Å². The number of rotatable bonds is 5. The van der Waals surface area contributed by atoms with Crippen molar-refractivity contribution < 1.29 is 9.59 Å². The highest BCUT2D eigenvalue weighted by Crippen LogP contribution is 2.22. The second-order valence-electron chi connectivity index (χ2n) is 5.30. The first-order valence-corrected chi connectivity index (χ1v) is 7.77. The fraction of sp³-hybridized carbons (Fsp3) is 0.600.